The van der Waals surface area contributed by atoms with Crippen molar-refractivity contribution in [1.29, 1.82) is 0 Å². The molecule has 0 bridgehead atoms. The van der Waals surface area contributed by atoms with Gasteiger partial charge in [-0.2, -0.15) is 5.10 Å². The Kier molecular flexibility index (Phi) is 4.06. The Morgan fingerprint density at radius 2 is 1.68 bits per heavy atom. The lowest BCUT2D eigenvalue weighted by Gasteiger charge is -2.07. The molecular formula is C17H15N3OS. The number of rotatable bonds is 3. The van der Waals surface area contributed by atoms with Gasteiger partial charge in [0.05, 0.1) is 5.69 Å². The number of carbonyl (C=O) groups excluding carboxylic acids is 1. The van der Waals surface area contributed by atoms with E-state index >= 15 is 0 Å². The van der Waals surface area contributed by atoms with Crippen molar-refractivity contribution in [3.8, 4) is 0 Å². The molecule has 4 nitrogen and oxygen atoms in total. The predicted molar refractivity (Wildman–Crippen MR) is 89.1 cm³/mol. The van der Waals surface area contributed by atoms with Crippen molar-refractivity contribution in [2.45, 2.75) is 23.8 Å². The first kappa shape index (κ1) is 14.5. The van der Waals surface area contributed by atoms with E-state index in [4.69, 9.17) is 0 Å². The Labute approximate surface area is 133 Å². The molecule has 0 aliphatic rings. The highest BCUT2D eigenvalue weighted by Crippen LogP contribution is 2.32. The van der Waals surface area contributed by atoms with Crippen molar-refractivity contribution in [2.24, 2.45) is 0 Å². The maximum atomic E-state index is 11.0. The van der Waals surface area contributed by atoms with Crippen LogP contribution in [-0.2, 0) is 4.79 Å². The molecule has 0 spiro atoms. The number of carbonyl (C=O) groups is 1. The van der Waals surface area contributed by atoms with Crippen LogP contribution in [0.1, 0.15) is 12.6 Å². The molecule has 2 aromatic carbocycles. The molecular weight excluding hydrogens is 294 g/mol. The summed E-state index contributed by atoms with van der Waals surface area (Å²) < 4.78 is 0. The van der Waals surface area contributed by atoms with Gasteiger partial charge in [0.25, 0.3) is 0 Å². The van der Waals surface area contributed by atoms with Crippen molar-refractivity contribution in [3.63, 3.8) is 0 Å². The van der Waals surface area contributed by atoms with E-state index in [-0.39, 0.29) is 5.91 Å². The van der Waals surface area contributed by atoms with E-state index in [1.165, 1.54) is 6.92 Å². The molecule has 1 heterocycles. The molecule has 3 rings (SSSR count). The van der Waals surface area contributed by atoms with Gasteiger partial charge >= 0.3 is 0 Å². The molecule has 0 unspecified atom stereocenters. The summed E-state index contributed by atoms with van der Waals surface area (Å²) in [5.74, 6) is -0.0733. The van der Waals surface area contributed by atoms with Gasteiger partial charge in [0.1, 0.15) is 5.03 Å². The molecule has 0 saturated carbocycles. The first-order valence-electron chi connectivity index (χ1n) is 6.91. The second-order valence-electron chi connectivity index (χ2n) is 4.94. The van der Waals surface area contributed by atoms with Crippen molar-refractivity contribution < 1.29 is 4.79 Å². The van der Waals surface area contributed by atoms with Crippen LogP contribution in [0.25, 0.3) is 10.8 Å². The number of hydrogen-bond acceptors (Lipinski definition) is 4. The minimum Gasteiger partial charge on any atom is -0.326 e. The average molecular weight is 309 g/mol. The van der Waals surface area contributed by atoms with Crippen LogP contribution in [0.5, 0.6) is 0 Å². The summed E-state index contributed by atoms with van der Waals surface area (Å²) in [5, 5.41) is 14.4. The standard InChI is InChI=1S/C17H15N3OS/c1-11-15-5-3-4-6-16(15)17(20-19-11)22-14-9-7-13(8-10-14)18-12(2)21/h3-10H,1-2H3,(H,18,21). The molecule has 1 aromatic heterocycles. The molecule has 1 N–H and O–H groups in total. The third kappa shape index (κ3) is 3.09. The fraction of sp³-hybridized carbons (Fsp3) is 0.118. The first-order valence-corrected chi connectivity index (χ1v) is 7.72. The highest BCUT2D eigenvalue weighted by molar-refractivity contribution is 7.99. The number of aryl methyl sites for hydroxylation is 1. The number of amides is 1. The average Bonchev–Trinajstić information content (AvgIpc) is 2.52. The highest BCUT2D eigenvalue weighted by atomic mass is 32.2. The van der Waals surface area contributed by atoms with Crippen LogP contribution in [0.2, 0.25) is 0 Å². The molecule has 110 valence electrons. The van der Waals surface area contributed by atoms with Crippen LogP contribution >= 0.6 is 11.8 Å². The third-order valence-corrected chi connectivity index (χ3v) is 4.23. The maximum absolute atomic E-state index is 11.0. The zero-order chi connectivity index (χ0) is 15.5. The van der Waals surface area contributed by atoms with Crippen LogP contribution in [-0.4, -0.2) is 16.1 Å². The summed E-state index contributed by atoms with van der Waals surface area (Å²) in [6.45, 7) is 3.46. The molecule has 5 heteroatoms. The van der Waals surface area contributed by atoms with Crippen molar-refractivity contribution in [2.75, 3.05) is 5.32 Å². The van der Waals surface area contributed by atoms with Gasteiger partial charge in [0.15, 0.2) is 0 Å². The van der Waals surface area contributed by atoms with E-state index in [9.17, 15) is 4.79 Å². The van der Waals surface area contributed by atoms with E-state index in [1.807, 2.05) is 43.3 Å². The van der Waals surface area contributed by atoms with E-state index < -0.39 is 0 Å². The largest absolute Gasteiger partial charge is 0.326 e. The van der Waals surface area contributed by atoms with E-state index in [0.29, 0.717) is 0 Å². The van der Waals surface area contributed by atoms with Gasteiger partial charge in [0, 0.05) is 28.3 Å². The Balaban J connectivity index is 1.90. The van der Waals surface area contributed by atoms with Gasteiger partial charge in [-0.05, 0) is 31.2 Å². The van der Waals surface area contributed by atoms with Crippen LogP contribution in [0, 0.1) is 6.92 Å². The fourth-order valence-corrected chi connectivity index (χ4v) is 3.07. The summed E-state index contributed by atoms with van der Waals surface area (Å²) in [6, 6.07) is 15.8. The molecule has 0 fully saturated rings. The zero-order valence-corrected chi connectivity index (χ0v) is 13.1. The molecule has 22 heavy (non-hydrogen) atoms. The van der Waals surface area contributed by atoms with Gasteiger partial charge in [-0.1, -0.05) is 36.0 Å². The maximum Gasteiger partial charge on any atom is 0.221 e. The van der Waals surface area contributed by atoms with Gasteiger partial charge in [-0.25, -0.2) is 0 Å². The zero-order valence-electron chi connectivity index (χ0n) is 12.3. The van der Waals surface area contributed by atoms with Crippen molar-refractivity contribution >= 4 is 34.1 Å². The number of anilines is 1. The molecule has 0 radical (unpaired) electrons. The Bertz CT molecular complexity index is 831. The van der Waals surface area contributed by atoms with E-state index in [2.05, 4.69) is 27.6 Å². The number of benzene rings is 2. The molecule has 1 amide bonds. The topological polar surface area (TPSA) is 54.9 Å². The SMILES string of the molecule is CC(=O)Nc1ccc(Sc2nnc(C)c3ccccc23)cc1. The first-order chi connectivity index (χ1) is 10.6. The van der Waals surface area contributed by atoms with Gasteiger partial charge in [0.2, 0.25) is 5.91 Å². The van der Waals surface area contributed by atoms with Gasteiger partial charge in [-0.15, -0.1) is 5.10 Å². The third-order valence-electron chi connectivity index (χ3n) is 3.23. The lowest BCUT2D eigenvalue weighted by Crippen LogP contribution is -2.05. The number of nitrogens with one attached hydrogen (secondary N) is 1. The summed E-state index contributed by atoms with van der Waals surface area (Å²) in [5.41, 5.74) is 1.72. The lowest BCUT2D eigenvalue weighted by molar-refractivity contribution is -0.114. The quantitative estimate of drug-likeness (QED) is 0.793. The second-order valence-corrected chi connectivity index (χ2v) is 6.01. The van der Waals surface area contributed by atoms with Crippen molar-refractivity contribution in [3.05, 3.63) is 54.2 Å². The summed E-state index contributed by atoms with van der Waals surface area (Å²) in [4.78, 5) is 12.1. The summed E-state index contributed by atoms with van der Waals surface area (Å²) in [7, 11) is 0. The molecule has 0 aliphatic carbocycles. The van der Waals surface area contributed by atoms with Crippen LogP contribution in [0.4, 0.5) is 5.69 Å². The number of nitrogens with zero attached hydrogens (tertiary/aromatic N) is 2. The number of fused-ring (bicyclic) bond motifs is 1. The summed E-state index contributed by atoms with van der Waals surface area (Å²) in [6.07, 6.45) is 0. The number of hydrogen-bond donors (Lipinski definition) is 1. The van der Waals surface area contributed by atoms with Crippen LogP contribution in [0.3, 0.4) is 0 Å². The minimum atomic E-state index is -0.0733. The normalized spacial score (nSPS) is 10.6. The highest BCUT2D eigenvalue weighted by Gasteiger charge is 2.08. The Morgan fingerprint density at radius 3 is 2.36 bits per heavy atom. The van der Waals surface area contributed by atoms with Gasteiger partial charge < -0.3 is 5.32 Å². The summed E-state index contributed by atoms with van der Waals surface area (Å²) >= 11 is 1.57. The predicted octanol–water partition coefficient (Wildman–Crippen LogP) is 4.05. The molecule has 0 aliphatic heterocycles. The lowest BCUT2D eigenvalue weighted by atomic mass is 10.1. The number of aromatic nitrogens is 2. The smallest absolute Gasteiger partial charge is 0.221 e. The van der Waals surface area contributed by atoms with E-state index in [1.54, 1.807) is 11.8 Å². The van der Waals surface area contributed by atoms with E-state index in [0.717, 1.165) is 32.1 Å². The van der Waals surface area contributed by atoms with Crippen LogP contribution < -0.4 is 5.32 Å². The Hall–Kier alpha value is -2.40. The second kappa shape index (κ2) is 6.15. The Morgan fingerprint density at radius 1 is 1.00 bits per heavy atom. The molecule has 0 saturated heterocycles. The van der Waals surface area contributed by atoms with Crippen LogP contribution in [0.15, 0.2) is 58.5 Å². The van der Waals surface area contributed by atoms with Gasteiger partial charge in [-0.3, -0.25) is 4.79 Å². The minimum absolute atomic E-state index is 0.0733. The molecule has 0 atom stereocenters. The fourth-order valence-electron chi connectivity index (χ4n) is 2.21. The monoisotopic (exact) mass is 309 g/mol. The molecule has 3 aromatic rings. The van der Waals surface area contributed by atoms with Crippen molar-refractivity contribution in [1.82, 2.24) is 10.2 Å².